The largest absolute Gasteiger partial charge is 0.462 e. The fraction of sp³-hybridized carbons (Fsp3) is 0.214. The number of esters is 1. The smallest absolute Gasteiger partial charge is 0.348 e. The number of rotatable bonds is 3. The topological polar surface area (TPSA) is 26.3 Å². The van der Waals surface area contributed by atoms with Crippen LogP contribution in [0.4, 0.5) is 0 Å². The number of aryl methyl sites for hydroxylation is 1. The van der Waals surface area contributed by atoms with Crippen LogP contribution in [0.2, 0.25) is 0 Å². The predicted molar refractivity (Wildman–Crippen MR) is 70.4 cm³/mol. The molecule has 3 heteroatoms. The van der Waals surface area contributed by atoms with Crippen LogP contribution in [-0.4, -0.2) is 12.6 Å². The molecule has 0 aliphatic heterocycles. The number of thiophene rings is 1. The summed E-state index contributed by atoms with van der Waals surface area (Å²) in [5.74, 6) is -0.238. The number of hydrogen-bond acceptors (Lipinski definition) is 3. The number of carbonyl (C=O) groups excluding carboxylic acids is 1. The Morgan fingerprint density at radius 2 is 1.94 bits per heavy atom. The minimum Gasteiger partial charge on any atom is -0.462 e. The van der Waals surface area contributed by atoms with Gasteiger partial charge >= 0.3 is 5.97 Å². The van der Waals surface area contributed by atoms with Crippen molar-refractivity contribution in [3.05, 3.63) is 46.2 Å². The van der Waals surface area contributed by atoms with Crippen molar-refractivity contribution in [1.82, 2.24) is 0 Å². The molecule has 0 saturated heterocycles. The molecule has 2 rings (SSSR count). The van der Waals surface area contributed by atoms with Crippen LogP contribution in [0, 0.1) is 6.92 Å². The first-order chi connectivity index (χ1) is 8.22. The Labute approximate surface area is 105 Å². The molecule has 0 N–H and O–H groups in total. The number of hydrogen-bond donors (Lipinski definition) is 0. The highest BCUT2D eigenvalue weighted by Gasteiger charge is 2.15. The van der Waals surface area contributed by atoms with Crippen molar-refractivity contribution >= 4 is 17.3 Å². The Kier molecular flexibility index (Phi) is 3.59. The minimum atomic E-state index is -0.238. The molecule has 0 atom stereocenters. The van der Waals surface area contributed by atoms with Gasteiger partial charge in [-0.1, -0.05) is 29.8 Å². The summed E-state index contributed by atoms with van der Waals surface area (Å²) < 4.78 is 5.04. The van der Waals surface area contributed by atoms with Gasteiger partial charge in [-0.3, -0.25) is 0 Å². The minimum absolute atomic E-state index is 0.238. The molecule has 88 valence electrons. The Hall–Kier alpha value is -1.61. The maximum atomic E-state index is 11.8. The number of ether oxygens (including phenoxy) is 1. The van der Waals surface area contributed by atoms with E-state index in [9.17, 15) is 4.79 Å². The van der Waals surface area contributed by atoms with E-state index in [1.54, 1.807) is 0 Å². The molecule has 0 spiro atoms. The Morgan fingerprint density at radius 1 is 1.24 bits per heavy atom. The molecule has 0 radical (unpaired) electrons. The van der Waals surface area contributed by atoms with Gasteiger partial charge in [0, 0.05) is 5.56 Å². The van der Waals surface area contributed by atoms with Gasteiger partial charge in [-0.2, -0.15) is 0 Å². The highest BCUT2D eigenvalue weighted by molar-refractivity contribution is 7.12. The van der Waals surface area contributed by atoms with Crippen LogP contribution in [0.1, 0.15) is 22.2 Å². The van der Waals surface area contributed by atoms with Crippen LogP contribution in [-0.2, 0) is 4.74 Å². The van der Waals surface area contributed by atoms with E-state index in [-0.39, 0.29) is 5.97 Å². The quantitative estimate of drug-likeness (QED) is 0.768. The van der Waals surface area contributed by atoms with Crippen molar-refractivity contribution < 1.29 is 9.53 Å². The van der Waals surface area contributed by atoms with Crippen LogP contribution in [0.25, 0.3) is 11.1 Å². The van der Waals surface area contributed by atoms with Crippen LogP contribution in [0.5, 0.6) is 0 Å². The number of benzene rings is 1. The lowest BCUT2D eigenvalue weighted by Crippen LogP contribution is -2.03. The molecule has 0 aliphatic rings. The van der Waals surface area contributed by atoms with Crippen LogP contribution in [0.15, 0.2) is 35.7 Å². The average Bonchev–Trinajstić information content (AvgIpc) is 2.79. The summed E-state index contributed by atoms with van der Waals surface area (Å²) in [5.41, 5.74) is 3.22. The van der Waals surface area contributed by atoms with E-state index in [0.717, 1.165) is 11.1 Å². The monoisotopic (exact) mass is 246 g/mol. The van der Waals surface area contributed by atoms with Crippen molar-refractivity contribution in [3.63, 3.8) is 0 Å². The van der Waals surface area contributed by atoms with E-state index in [0.29, 0.717) is 11.5 Å². The van der Waals surface area contributed by atoms with Crippen LogP contribution in [0.3, 0.4) is 0 Å². The van der Waals surface area contributed by atoms with E-state index in [4.69, 9.17) is 4.74 Å². The standard InChI is InChI=1S/C14H14O2S/c1-3-16-14(15)13-12(8-9-17-13)11-6-4-10(2)5-7-11/h4-9H,3H2,1-2H3. The molecule has 2 aromatic rings. The molecule has 17 heavy (non-hydrogen) atoms. The van der Waals surface area contributed by atoms with Gasteiger partial charge in [0.2, 0.25) is 0 Å². The van der Waals surface area contributed by atoms with Gasteiger partial charge in [-0.25, -0.2) is 4.79 Å². The highest BCUT2D eigenvalue weighted by Crippen LogP contribution is 2.29. The van der Waals surface area contributed by atoms with Crippen molar-refractivity contribution in [2.45, 2.75) is 13.8 Å². The molecule has 1 aromatic carbocycles. The molecular weight excluding hydrogens is 232 g/mol. The van der Waals surface area contributed by atoms with Gasteiger partial charge in [-0.05, 0) is 30.9 Å². The SMILES string of the molecule is CCOC(=O)c1sccc1-c1ccc(C)cc1. The fourth-order valence-corrected chi connectivity index (χ4v) is 2.43. The summed E-state index contributed by atoms with van der Waals surface area (Å²) in [6, 6.07) is 10.1. The summed E-state index contributed by atoms with van der Waals surface area (Å²) >= 11 is 1.42. The third-order valence-corrected chi connectivity index (χ3v) is 3.38. The second kappa shape index (κ2) is 5.15. The van der Waals surface area contributed by atoms with Gasteiger partial charge in [0.1, 0.15) is 4.88 Å². The van der Waals surface area contributed by atoms with E-state index >= 15 is 0 Å². The Balaban J connectivity index is 2.36. The molecule has 0 aliphatic carbocycles. The summed E-state index contributed by atoms with van der Waals surface area (Å²) in [6.07, 6.45) is 0. The van der Waals surface area contributed by atoms with E-state index in [2.05, 4.69) is 0 Å². The predicted octanol–water partition coefficient (Wildman–Crippen LogP) is 3.90. The summed E-state index contributed by atoms with van der Waals surface area (Å²) in [4.78, 5) is 12.4. The Morgan fingerprint density at radius 3 is 2.59 bits per heavy atom. The van der Waals surface area contributed by atoms with Crippen molar-refractivity contribution in [2.24, 2.45) is 0 Å². The summed E-state index contributed by atoms with van der Waals surface area (Å²) in [7, 11) is 0. The van der Waals surface area contributed by atoms with Gasteiger partial charge in [0.25, 0.3) is 0 Å². The molecular formula is C14H14O2S. The molecule has 1 aromatic heterocycles. The van der Waals surface area contributed by atoms with E-state index in [1.165, 1.54) is 16.9 Å². The first kappa shape index (κ1) is 11.9. The fourth-order valence-electron chi connectivity index (χ4n) is 1.62. The van der Waals surface area contributed by atoms with E-state index < -0.39 is 0 Å². The Bertz CT molecular complexity index is 511. The molecule has 1 heterocycles. The first-order valence-corrected chi connectivity index (χ1v) is 6.42. The lowest BCUT2D eigenvalue weighted by Gasteiger charge is -2.04. The maximum absolute atomic E-state index is 11.8. The normalized spacial score (nSPS) is 10.2. The van der Waals surface area contributed by atoms with Crippen molar-refractivity contribution in [3.8, 4) is 11.1 Å². The molecule has 2 nitrogen and oxygen atoms in total. The average molecular weight is 246 g/mol. The van der Waals surface area contributed by atoms with Gasteiger partial charge < -0.3 is 4.74 Å². The van der Waals surface area contributed by atoms with Crippen molar-refractivity contribution in [2.75, 3.05) is 6.61 Å². The third-order valence-electron chi connectivity index (χ3n) is 2.49. The highest BCUT2D eigenvalue weighted by atomic mass is 32.1. The molecule has 0 fully saturated rings. The first-order valence-electron chi connectivity index (χ1n) is 5.54. The lowest BCUT2D eigenvalue weighted by atomic mass is 10.1. The van der Waals surface area contributed by atoms with Gasteiger partial charge in [0.05, 0.1) is 6.61 Å². The second-order valence-corrected chi connectivity index (χ2v) is 4.67. The summed E-state index contributed by atoms with van der Waals surface area (Å²) in [6.45, 7) is 4.27. The molecule has 0 unspecified atom stereocenters. The summed E-state index contributed by atoms with van der Waals surface area (Å²) in [5, 5.41) is 1.92. The molecule has 0 bridgehead atoms. The zero-order valence-corrected chi connectivity index (χ0v) is 10.7. The zero-order valence-electron chi connectivity index (χ0n) is 9.90. The van der Waals surface area contributed by atoms with Gasteiger partial charge in [0.15, 0.2) is 0 Å². The van der Waals surface area contributed by atoms with Gasteiger partial charge in [-0.15, -0.1) is 11.3 Å². The van der Waals surface area contributed by atoms with Crippen molar-refractivity contribution in [1.29, 1.82) is 0 Å². The molecule has 0 saturated carbocycles. The van der Waals surface area contributed by atoms with Crippen LogP contribution >= 0.6 is 11.3 Å². The molecule has 0 amide bonds. The third kappa shape index (κ3) is 2.56. The van der Waals surface area contributed by atoms with E-state index in [1.807, 2.05) is 49.6 Å². The maximum Gasteiger partial charge on any atom is 0.348 e. The lowest BCUT2D eigenvalue weighted by molar-refractivity contribution is 0.0533. The van der Waals surface area contributed by atoms with Crippen LogP contribution < -0.4 is 0 Å². The number of carbonyl (C=O) groups is 1. The zero-order chi connectivity index (χ0) is 12.3. The second-order valence-electron chi connectivity index (χ2n) is 3.75.